The first-order valence-electron chi connectivity index (χ1n) is 10.8. The highest BCUT2D eigenvalue weighted by molar-refractivity contribution is 5.88. The molecule has 7 heteroatoms. The summed E-state index contributed by atoms with van der Waals surface area (Å²) in [5, 5.41) is 7.99. The minimum absolute atomic E-state index is 0.00739. The summed E-state index contributed by atoms with van der Waals surface area (Å²) in [6, 6.07) is 8.07. The number of hydrogen-bond acceptors (Lipinski definition) is 6. The lowest BCUT2D eigenvalue weighted by Crippen LogP contribution is -2.26. The van der Waals surface area contributed by atoms with Crippen LogP contribution in [0.3, 0.4) is 0 Å². The van der Waals surface area contributed by atoms with Gasteiger partial charge in [-0.25, -0.2) is 4.98 Å². The number of carbonyl (C=O) groups excluding carboxylic acids is 1. The van der Waals surface area contributed by atoms with Crippen LogP contribution < -0.4 is 10.2 Å². The lowest BCUT2D eigenvalue weighted by Gasteiger charge is -2.22. The molecule has 0 atom stereocenters. The molecule has 7 nitrogen and oxygen atoms in total. The van der Waals surface area contributed by atoms with Crippen molar-refractivity contribution in [3.63, 3.8) is 0 Å². The summed E-state index contributed by atoms with van der Waals surface area (Å²) in [4.78, 5) is 24.1. The van der Waals surface area contributed by atoms with Crippen LogP contribution in [0.2, 0.25) is 0 Å². The first-order valence-corrected chi connectivity index (χ1v) is 10.8. The molecule has 0 radical (unpaired) electrons. The Morgan fingerprint density at radius 2 is 1.87 bits per heavy atom. The second kappa shape index (κ2) is 9.24. The van der Waals surface area contributed by atoms with Gasteiger partial charge in [0.25, 0.3) is 5.71 Å². The van der Waals surface area contributed by atoms with E-state index in [1.165, 1.54) is 18.4 Å². The third-order valence-electron chi connectivity index (χ3n) is 5.75. The molecular formula is C23H29N5O2. The van der Waals surface area contributed by atoms with E-state index in [9.17, 15) is 4.79 Å². The second-order valence-corrected chi connectivity index (χ2v) is 8.02. The third kappa shape index (κ3) is 4.61. The van der Waals surface area contributed by atoms with Gasteiger partial charge in [-0.05, 0) is 37.8 Å². The smallest absolute Gasteiger partial charge is 0.263 e. The summed E-state index contributed by atoms with van der Waals surface area (Å²) in [5.74, 6) is 1.52. The van der Waals surface area contributed by atoms with Crippen molar-refractivity contribution in [1.29, 1.82) is 0 Å². The highest BCUT2D eigenvalue weighted by atomic mass is 16.5. The summed E-state index contributed by atoms with van der Waals surface area (Å²) < 4.78 is 5.45. The van der Waals surface area contributed by atoms with Crippen molar-refractivity contribution in [3.05, 3.63) is 46.9 Å². The average molecular weight is 408 g/mol. The number of hydrogen-bond donors (Lipinski definition) is 1. The van der Waals surface area contributed by atoms with Crippen molar-refractivity contribution in [2.45, 2.75) is 58.9 Å². The molecular weight excluding hydrogens is 378 g/mol. The van der Waals surface area contributed by atoms with Gasteiger partial charge in [-0.1, -0.05) is 42.3 Å². The van der Waals surface area contributed by atoms with Gasteiger partial charge in [0, 0.05) is 32.5 Å². The van der Waals surface area contributed by atoms with Crippen molar-refractivity contribution in [2.75, 3.05) is 18.0 Å². The molecule has 1 fully saturated rings. The fourth-order valence-corrected chi connectivity index (χ4v) is 3.95. The summed E-state index contributed by atoms with van der Waals surface area (Å²) in [7, 11) is 0. The Labute approximate surface area is 176 Å². The number of amides is 1. The fraction of sp³-hybridized carbons (Fsp3) is 0.478. The minimum atomic E-state index is -0.00739. The number of anilines is 1. The first kappa shape index (κ1) is 20.3. The highest BCUT2D eigenvalue weighted by Gasteiger charge is 2.21. The summed E-state index contributed by atoms with van der Waals surface area (Å²) in [5.41, 5.74) is 3.63. The predicted octanol–water partition coefficient (Wildman–Crippen LogP) is 3.86. The van der Waals surface area contributed by atoms with Gasteiger partial charge in [-0.2, -0.15) is 4.98 Å². The van der Waals surface area contributed by atoms with Crippen LogP contribution in [0, 0.1) is 13.8 Å². The van der Waals surface area contributed by atoms with Gasteiger partial charge in [0.2, 0.25) is 5.91 Å². The molecule has 1 saturated heterocycles. The fourth-order valence-electron chi connectivity index (χ4n) is 3.95. The van der Waals surface area contributed by atoms with Crippen LogP contribution in [0.5, 0.6) is 0 Å². The van der Waals surface area contributed by atoms with E-state index in [2.05, 4.69) is 20.4 Å². The first-order chi connectivity index (χ1) is 14.6. The van der Waals surface area contributed by atoms with Crippen LogP contribution in [-0.4, -0.2) is 34.1 Å². The lowest BCUT2D eigenvalue weighted by atomic mass is 10.1. The number of benzene rings is 1. The number of nitrogens with zero attached hydrogens (tertiary/aromatic N) is 4. The molecule has 30 heavy (non-hydrogen) atoms. The van der Waals surface area contributed by atoms with Gasteiger partial charge < -0.3 is 14.7 Å². The SMILES string of the molecule is Cc1ccccc1CNC(=O)CCc1nc(N2CCCCCC2)c2c(C)noc2n1. The number of aryl methyl sites for hydroxylation is 3. The molecule has 0 spiro atoms. The minimum Gasteiger partial charge on any atom is -0.356 e. The Morgan fingerprint density at radius 1 is 1.10 bits per heavy atom. The lowest BCUT2D eigenvalue weighted by molar-refractivity contribution is -0.121. The van der Waals surface area contributed by atoms with E-state index in [4.69, 9.17) is 9.51 Å². The normalized spacial score (nSPS) is 14.7. The largest absolute Gasteiger partial charge is 0.356 e. The second-order valence-electron chi connectivity index (χ2n) is 8.02. The molecule has 1 aliphatic heterocycles. The van der Waals surface area contributed by atoms with Crippen molar-refractivity contribution in [2.24, 2.45) is 0 Å². The van der Waals surface area contributed by atoms with Crippen LogP contribution in [0.15, 0.2) is 28.8 Å². The molecule has 0 bridgehead atoms. The molecule has 3 heterocycles. The van der Waals surface area contributed by atoms with Crippen molar-refractivity contribution >= 4 is 22.8 Å². The highest BCUT2D eigenvalue weighted by Crippen LogP contribution is 2.29. The number of rotatable bonds is 6. The third-order valence-corrected chi connectivity index (χ3v) is 5.75. The van der Waals surface area contributed by atoms with Crippen LogP contribution in [-0.2, 0) is 17.8 Å². The molecule has 1 amide bonds. The molecule has 158 valence electrons. The van der Waals surface area contributed by atoms with E-state index in [0.29, 0.717) is 30.9 Å². The Hall–Kier alpha value is -2.96. The molecule has 0 aliphatic carbocycles. The van der Waals surface area contributed by atoms with Gasteiger partial charge >= 0.3 is 0 Å². The van der Waals surface area contributed by atoms with Crippen LogP contribution in [0.4, 0.5) is 5.82 Å². The average Bonchev–Trinajstić information content (AvgIpc) is 2.95. The zero-order valence-electron chi connectivity index (χ0n) is 17.8. The molecule has 0 saturated carbocycles. The maximum Gasteiger partial charge on any atom is 0.263 e. The van der Waals surface area contributed by atoms with Crippen molar-refractivity contribution in [3.8, 4) is 0 Å². The maximum absolute atomic E-state index is 12.4. The molecule has 0 unspecified atom stereocenters. The van der Waals surface area contributed by atoms with Crippen LogP contribution in [0.1, 0.15) is 54.7 Å². The monoisotopic (exact) mass is 407 g/mol. The van der Waals surface area contributed by atoms with Gasteiger partial charge in [-0.15, -0.1) is 0 Å². The van der Waals surface area contributed by atoms with Gasteiger partial charge in [-0.3, -0.25) is 4.79 Å². The Bertz CT molecular complexity index is 1020. The standard InChI is InChI=1S/C23H29N5O2/c1-16-9-5-6-10-18(16)15-24-20(29)12-11-19-25-22(28-13-7-3-4-8-14-28)21-17(2)27-30-23(21)26-19/h5-6,9-10H,3-4,7-8,11-15H2,1-2H3,(H,24,29). The summed E-state index contributed by atoms with van der Waals surface area (Å²) >= 11 is 0. The van der Waals surface area contributed by atoms with Crippen LogP contribution >= 0.6 is 0 Å². The Morgan fingerprint density at radius 3 is 2.63 bits per heavy atom. The van der Waals surface area contributed by atoms with Gasteiger partial charge in [0.05, 0.1) is 5.69 Å². The quantitative estimate of drug-likeness (QED) is 0.668. The molecule has 3 aromatic rings. The van der Waals surface area contributed by atoms with E-state index in [1.807, 2.05) is 38.1 Å². The molecule has 2 aromatic heterocycles. The van der Waals surface area contributed by atoms with E-state index in [0.717, 1.165) is 48.4 Å². The summed E-state index contributed by atoms with van der Waals surface area (Å²) in [6.07, 6.45) is 5.63. The van der Waals surface area contributed by atoms with E-state index < -0.39 is 0 Å². The van der Waals surface area contributed by atoms with Crippen molar-refractivity contribution < 1.29 is 9.32 Å². The molecule has 1 aliphatic rings. The topological polar surface area (TPSA) is 84.2 Å². The number of carbonyl (C=O) groups is 1. The zero-order chi connectivity index (χ0) is 20.9. The van der Waals surface area contributed by atoms with Crippen molar-refractivity contribution in [1.82, 2.24) is 20.4 Å². The predicted molar refractivity (Wildman–Crippen MR) is 116 cm³/mol. The van der Waals surface area contributed by atoms with E-state index in [-0.39, 0.29) is 5.91 Å². The van der Waals surface area contributed by atoms with Crippen LogP contribution in [0.25, 0.3) is 11.1 Å². The zero-order valence-corrected chi connectivity index (χ0v) is 17.8. The van der Waals surface area contributed by atoms with E-state index in [1.54, 1.807) is 0 Å². The number of aromatic nitrogens is 3. The Balaban J connectivity index is 1.46. The summed E-state index contributed by atoms with van der Waals surface area (Å²) in [6.45, 7) is 6.47. The Kier molecular flexibility index (Phi) is 6.26. The maximum atomic E-state index is 12.4. The number of nitrogens with one attached hydrogen (secondary N) is 1. The van der Waals surface area contributed by atoms with Gasteiger partial charge in [0.1, 0.15) is 17.0 Å². The number of fused-ring (bicyclic) bond motifs is 1. The molecule has 1 N–H and O–H groups in total. The van der Waals surface area contributed by atoms with E-state index >= 15 is 0 Å². The van der Waals surface area contributed by atoms with Gasteiger partial charge in [0.15, 0.2) is 0 Å². The molecule has 4 rings (SSSR count). The molecule has 1 aromatic carbocycles.